The maximum absolute atomic E-state index is 13.8. The Kier molecular flexibility index (Phi) is 7.63. The monoisotopic (exact) mass is 460 g/mol. The summed E-state index contributed by atoms with van der Waals surface area (Å²) in [5, 5.41) is 3.19. The molecule has 2 aliphatic rings. The van der Waals surface area contributed by atoms with Crippen molar-refractivity contribution in [2.75, 3.05) is 34.1 Å². The minimum Gasteiger partial charge on any atom is -0.427 e. The summed E-state index contributed by atoms with van der Waals surface area (Å²) in [6.07, 6.45) is 1.20. The first kappa shape index (κ1) is 25.4. The summed E-state index contributed by atoms with van der Waals surface area (Å²) in [6.45, 7) is 10.9. The molecule has 0 aromatic heterocycles. The Morgan fingerprint density at radius 1 is 1.12 bits per heavy atom. The van der Waals surface area contributed by atoms with E-state index < -0.39 is 5.54 Å². The van der Waals surface area contributed by atoms with Crippen LogP contribution in [-0.2, 0) is 28.7 Å². The third-order valence-electron chi connectivity index (χ3n) is 6.10. The van der Waals surface area contributed by atoms with Gasteiger partial charge in [-0.15, -0.1) is 0 Å². The Balaban J connectivity index is 2.16. The molecular weight excluding hydrogens is 424 g/mol. The van der Waals surface area contributed by atoms with Crippen LogP contribution in [0.3, 0.4) is 0 Å². The van der Waals surface area contributed by atoms with Crippen molar-refractivity contribution in [3.05, 3.63) is 40.6 Å². The number of benzene rings is 1. The molecule has 0 unspecified atom stereocenters. The first-order chi connectivity index (χ1) is 15.5. The van der Waals surface area contributed by atoms with E-state index in [4.69, 9.17) is 19.1 Å². The fraction of sp³-hybridized carbons (Fsp3) is 0.600. The molecule has 2 heterocycles. The molecule has 1 saturated heterocycles. The lowest BCUT2D eigenvalue weighted by molar-refractivity contribution is -0.260. The van der Waals surface area contributed by atoms with Crippen LogP contribution in [0.5, 0.6) is 0 Å². The first-order valence-electron chi connectivity index (χ1n) is 11.3. The number of hydrogen-bond donors (Lipinski definition) is 0. The van der Waals surface area contributed by atoms with Crippen LogP contribution in [-0.4, -0.2) is 61.6 Å². The zero-order valence-electron chi connectivity index (χ0n) is 20.8. The molecular formula is C25H36N2O6. The molecule has 1 spiro atoms. The number of hydroxylamine groups is 4. The Bertz CT molecular complexity index is 925. The molecule has 0 saturated carbocycles. The van der Waals surface area contributed by atoms with Gasteiger partial charge in [-0.1, -0.05) is 44.5 Å². The number of carbonyl (C=O) groups excluding carboxylic acids is 2. The van der Waals surface area contributed by atoms with Crippen LogP contribution in [0.1, 0.15) is 56.7 Å². The van der Waals surface area contributed by atoms with Gasteiger partial charge in [0, 0.05) is 20.2 Å². The normalized spacial score (nSPS) is 19.0. The largest absolute Gasteiger partial charge is 0.427 e. The van der Waals surface area contributed by atoms with Crippen molar-refractivity contribution in [2.24, 2.45) is 5.41 Å². The summed E-state index contributed by atoms with van der Waals surface area (Å²) in [4.78, 5) is 38.1. The maximum atomic E-state index is 13.8. The average molecular weight is 461 g/mol. The molecule has 8 heteroatoms. The molecule has 3 rings (SSSR count). The van der Waals surface area contributed by atoms with Crippen LogP contribution in [0, 0.1) is 19.3 Å². The van der Waals surface area contributed by atoms with Crippen molar-refractivity contribution >= 4 is 17.4 Å². The fourth-order valence-corrected chi connectivity index (χ4v) is 4.45. The summed E-state index contributed by atoms with van der Waals surface area (Å²) < 4.78 is 11.2. The SMILES string of the molecule is COCON1C(=O)C(c2cc(C)ccc2C)=C(OC(=O)CC(C)(C)C)C12CCN(OC)CC2. The van der Waals surface area contributed by atoms with Gasteiger partial charge in [0.15, 0.2) is 6.79 Å². The Hall–Kier alpha value is -2.26. The molecule has 0 radical (unpaired) electrons. The second kappa shape index (κ2) is 9.93. The van der Waals surface area contributed by atoms with Gasteiger partial charge in [-0.25, -0.2) is 9.90 Å². The molecule has 0 aliphatic carbocycles. The predicted molar refractivity (Wildman–Crippen MR) is 123 cm³/mol. The van der Waals surface area contributed by atoms with Crippen molar-refractivity contribution < 1.29 is 28.7 Å². The number of piperidine rings is 1. The molecule has 1 aromatic carbocycles. The lowest BCUT2D eigenvalue weighted by Crippen LogP contribution is -2.55. The second-order valence-electron chi connectivity index (χ2n) is 10.0. The number of methoxy groups -OCH3 is 1. The number of esters is 1. The molecule has 1 amide bonds. The lowest BCUT2D eigenvalue weighted by Gasteiger charge is -2.43. The molecule has 1 fully saturated rings. The first-order valence-corrected chi connectivity index (χ1v) is 11.3. The molecule has 8 nitrogen and oxygen atoms in total. The van der Waals surface area contributed by atoms with E-state index in [2.05, 4.69) is 0 Å². The molecule has 182 valence electrons. The van der Waals surface area contributed by atoms with Crippen molar-refractivity contribution in [3.8, 4) is 0 Å². The highest BCUT2D eigenvalue weighted by molar-refractivity contribution is 6.23. The zero-order valence-corrected chi connectivity index (χ0v) is 20.8. The number of hydrogen-bond acceptors (Lipinski definition) is 7. The van der Waals surface area contributed by atoms with Crippen LogP contribution in [0.2, 0.25) is 0 Å². The Labute approximate surface area is 196 Å². The van der Waals surface area contributed by atoms with E-state index in [0.717, 1.165) is 16.7 Å². The van der Waals surface area contributed by atoms with E-state index in [1.165, 1.54) is 12.2 Å². The van der Waals surface area contributed by atoms with Crippen molar-refractivity contribution in [1.82, 2.24) is 10.1 Å². The van der Waals surface area contributed by atoms with E-state index >= 15 is 0 Å². The predicted octanol–water partition coefficient (Wildman–Crippen LogP) is 3.77. The van der Waals surface area contributed by atoms with Gasteiger partial charge in [0.05, 0.1) is 19.1 Å². The van der Waals surface area contributed by atoms with Crippen molar-refractivity contribution in [2.45, 2.75) is 59.4 Å². The lowest BCUT2D eigenvalue weighted by atomic mass is 9.85. The average Bonchev–Trinajstić information content (AvgIpc) is 2.94. The third kappa shape index (κ3) is 5.30. The Morgan fingerprint density at radius 2 is 1.79 bits per heavy atom. The summed E-state index contributed by atoms with van der Waals surface area (Å²) in [5.74, 6) is -0.331. The van der Waals surface area contributed by atoms with Crippen molar-refractivity contribution in [3.63, 3.8) is 0 Å². The highest BCUT2D eigenvalue weighted by atomic mass is 16.8. The maximum Gasteiger partial charge on any atom is 0.311 e. The number of amides is 1. The highest BCUT2D eigenvalue weighted by Gasteiger charge is 2.57. The molecule has 1 aromatic rings. The molecule has 0 atom stereocenters. The Morgan fingerprint density at radius 3 is 2.36 bits per heavy atom. The highest BCUT2D eigenvalue weighted by Crippen LogP contribution is 2.48. The minimum absolute atomic E-state index is 0.0925. The third-order valence-corrected chi connectivity index (χ3v) is 6.10. The summed E-state index contributed by atoms with van der Waals surface area (Å²) in [6, 6.07) is 5.92. The van der Waals surface area contributed by atoms with Gasteiger partial charge in [-0.2, -0.15) is 5.06 Å². The summed E-state index contributed by atoms with van der Waals surface area (Å²) in [7, 11) is 3.13. The topological polar surface area (TPSA) is 77.5 Å². The van der Waals surface area contributed by atoms with Crippen LogP contribution in [0.4, 0.5) is 0 Å². The van der Waals surface area contributed by atoms with Crippen molar-refractivity contribution in [1.29, 1.82) is 0 Å². The van der Waals surface area contributed by atoms with Gasteiger partial charge < -0.3 is 14.3 Å². The van der Waals surface area contributed by atoms with E-state index in [1.54, 1.807) is 7.11 Å². The van der Waals surface area contributed by atoms with E-state index in [1.807, 2.05) is 57.9 Å². The smallest absolute Gasteiger partial charge is 0.311 e. The van der Waals surface area contributed by atoms with Gasteiger partial charge in [0.1, 0.15) is 11.3 Å². The van der Waals surface area contributed by atoms with Gasteiger partial charge in [-0.05, 0) is 43.2 Å². The minimum atomic E-state index is -0.927. The van der Waals surface area contributed by atoms with Crippen LogP contribution < -0.4 is 0 Å². The molecule has 0 N–H and O–H groups in total. The molecule has 33 heavy (non-hydrogen) atoms. The van der Waals surface area contributed by atoms with Gasteiger partial charge in [0.2, 0.25) is 0 Å². The number of nitrogens with zero attached hydrogens (tertiary/aromatic N) is 2. The number of rotatable bonds is 7. The van der Waals surface area contributed by atoms with Gasteiger partial charge >= 0.3 is 5.97 Å². The van der Waals surface area contributed by atoms with Crippen LogP contribution >= 0.6 is 0 Å². The quantitative estimate of drug-likeness (QED) is 0.453. The van der Waals surface area contributed by atoms with Crippen LogP contribution in [0.15, 0.2) is 24.0 Å². The second-order valence-corrected chi connectivity index (χ2v) is 10.0. The standard InChI is InChI=1S/C25H36N2O6/c1-17-8-9-18(2)19(14-17)21-22(33-20(28)15-24(3,4)5)25(10-12-26(31-7)13-11-25)27(23(21)29)32-16-30-6/h8-9,14H,10-13,15-16H2,1-7H3. The van der Waals surface area contributed by atoms with Crippen LogP contribution in [0.25, 0.3) is 5.57 Å². The fourth-order valence-electron chi connectivity index (χ4n) is 4.45. The van der Waals surface area contributed by atoms with E-state index in [0.29, 0.717) is 37.3 Å². The number of carbonyl (C=O) groups is 2. The zero-order chi connectivity index (χ0) is 24.4. The number of ether oxygens (including phenoxy) is 2. The molecule has 0 bridgehead atoms. The summed E-state index contributed by atoms with van der Waals surface area (Å²) >= 11 is 0. The number of aryl methyl sites for hydroxylation is 2. The molecule has 2 aliphatic heterocycles. The summed E-state index contributed by atoms with van der Waals surface area (Å²) in [5.41, 5.74) is 1.88. The van der Waals surface area contributed by atoms with E-state index in [-0.39, 0.29) is 30.5 Å². The van der Waals surface area contributed by atoms with Gasteiger partial charge in [0.25, 0.3) is 5.91 Å². The van der Waals surface area contributed by atoms with Gasteiger partial charge in [-0.3, -0.25) is 9.59 Å². The van der Waals surface area contributed by atoms with E-state index in [9.17, 15) is 9.59 Å².